The number of pyridine rings is 2. The summed E-state index contributed by atoms with van der Waals surface area (Å²) in [6.07, 6.45) is 1.87. The van der Waals surface area contributed by atoms with Crippen LogP contribution in [0.1, 0.15) is 0 Å². The molecule has 0 aliphatic carbocycles. The zero-order valence-corrected chi connectivity index (χ0v) is 21.8. The van der Waals surface area contributed by atoms with Crippen LogP contribution in [0, 0.1) is 0 Å². The Hall–Kier alpha value is -5.34. The molecule has 0 N–H and O–H groups in total. The number of fused-ring (bicyclic) bond motifs is 4. The molecule has 0 spiro atoms. The Balaban J connectivity index is 1.42. The quantitative estimate of drug-likeness (QED) is 0.222. The second-order valence-electron chi connectivity index (χ2n) is 10.2. The molecule has 0 atom stereocenters. The van der Waals surface area contributed by atoms with Gasteiger partial charge >= 0.3 is 0 Å². The summed E-state index contributed by atoms with van der Waals surface area (Å²) < 4.78 is 0. The molecular weight excluding hydrogens is 484 g/mol. The van der Waals surface area contributed by atoms with Crippen molar-refractivity contribution in [2.75, 3.05) is 0 Å². The highest BCUT2D eigenvalue weighted by molar-refractivity contribution is 6.21. The molecule has 0 saturated carbocycles. The molecule has 186 valence electrons. The predicted octanol–water partition coefficient (Wildman–Crippen LogP) is 10.1. The molecule has 8 rings (SSSR count). The third kappa shape index (κ3) is 3.58. The largest absolute Gasteiger partial charge is 0.254 e. The van der Waals surface area contributed by atoms with Crippen LogP contribution in [0.3, 0.4) is 0 Å². The van der Waals surface area contributed by atoms with E-state index >= 15 is 0 Å². The number of aromatic nitrogens is 2. The maximum Gasteiger partial charge on any atom is 0.0964 e. The number of hydrogen-bond donors (Lipinski definition) is 0. The molecule has 0 aliphatic rings. The molecule has 0 bridgehead atoms. The maximum atomic E-state index is 5.24. The number of rotatable bonds is 3. The average Bonchev–Trinajstić information content (AvgIpc) is 3.03. The fourth-order valence-electron chi connectivity index (χ4n) is 6.09. The Kier molecular flexibility index (Phi) is 5.17. The summed E-state index contributed by atoms with van der Waals surface area (Å²) >= 11 is 0. The van der Waals surface area contributed by atoms with Crippen molar-refractivity contribution < 1.29 is 0 Å². The van der Waals surface area contributed by atoms with Gasteiger partial charge in [-0.1, -0.05) is 115 Å². The van der Waals surface area contributed by atoms with E-state index in [9.17, 15) is 0 Å². The van der Waals surface area contributed by atoms with Crippen molar-refractivity contribution >= 4 is 43.1 Å². The third-order valence-electron chi connectivity index (χ3n) is 7.89. The fourth-order valence-corrected chi connectivity index (χ4v) is 6.09. The van der Waals surface area contributed by atoms with Gasteiger partial charge in [0, 0.05) is 17.1 Å². The molecule has 40 heavy (non-hydrogen) atoms. The van der Waals surface area contributed by atoms with Crippen molar-refractivity contribution in [1.82, 2.24) is 9.97 Å². The predicted molar refractivity (Wildman–Crippen MR) is 168 cm³/mol. The second-order valence-corrected chi connectivity index (χ2v) is 10.2. The van der Waals surface area contributed by atoms with Crippen LogP contribution in [0.15, 0.2) is 146 Å². The van der Waals surface area contributed by atoms with Crippen LogP contribution in [0.5, 0.6) is 0 Å². The molecule has 0 unspecified atom stereocenters. The van der Waals surface area contributed by atoms with Crippen molar-refractivity contribution in [3.8, 4) is 33.8 Å². The molecule has 0 radical (unpaired) electrons. The minimum atomic E-state index is 0.876. The summed E-state index contributed by atoms with van der Waals surface area (Å²) in [5.74, 6) is 0. The smallest absolute Gasteiger partial charge is 0.0964 e. The average molecular weight is 509 g/mol. The van der Waals surface area contributed by atoms with Crippen LogP contribution in [-0.2, 0) is 0 Å². The Morgan fingerprint density at radius 3 is 1.68 bits per heavy atom. The molecule has 8 aromatic rings. The molecule has 2 heteroatoms. The lowest BCUT2D eigenvalue weighted by Gasteiger charge is -2.18. The minimum absolute atomic E-state index is 0.876. The van der Waals surface area contributed by atoms with Gasteiger partial charge in [-0.05, 0) is 73.1 Å². The third-order valence-corrected chi connectivity index (χ3v) is 7.89. The van der Waals surface area contributed by atoms with Crippen molar-refractivity contribution in [3.63, 3.8) is 0 Å². The summed E-state index contributed by atoms with van der Waals surface area (Å²) in [5, 5.41) is 9.60. The van der Waals surface area contributed by atoms with Crippen LogP contribution in [0.2, 0.25) is 0 Å². The molecular formula is C38H24N2. The van der Waals surface area contributed by atoms with Crippen LogP contribution in [-0.4, -0.2) is 9.97 Å². The Labute approximate surface area is 232 Å². The SMILES string of the molecule is c1cc(-c2nccc3ccccc23)nc(-c2c3ccccc3c(-c3ccc4ccccc4c3)c3ccccc23)c1. The van der Waals surface area contributed by atoms with Gasteiger partial charge in [-0.15, -0.1) is 0 Å². The van der Waals surface area contributed by atoms with Gasteiger partial charge in [-0.2, -0.15) is 0 Å². The molecule has 0 fully saturated rings. The topological polar surface area (TPSA) is 25.8 Å². The lowest BCUT2D eigenvalue weighted by Crippen LogP contribution is -1.95. The van der Waals surface area contributed by atoms with Gasteiger partial charge in [0.25, 0.3) is 0 Å². The lowest BCUT2D eigenvalue weighted by molar-refractivity contribution is 1.27. The summed E-state index contributed by atoms with van der Waals surface area (Å²) in [7, 11) is 0. The zero-order valence-electron chi connectivity index (χ0n) is 21.8. The summed E-state index contributed by atoms with van der Waals surface area (Å²) in [5.41, 5.74) is 6.36. The van der Waals surface area contributed by atoms with Gasteiger partial charge in [-0.3, -0.25) is 4.98 Å². The van der Waals surface area contributed by atoms with Gasteiger partial charge in [0.2, 0.25) is 0 Å². The van der Waals surface area contributed by atoms with E-state index in [4.69, 9.17) is 9.97 Å². The molecule has 2 nitrogen and oxygen atoms in total. The maximum absolute atomic E-state index is 5.24. The fraction of sp³-hybridized carbons (Fsp3) is 0. The van der Waals surface area contributed by atoms with Crippen LogP contribution < -0.4 is 0 Å². The summed E-state index contributed by atoms with van der Waals surface area (Å²) in [6.45, 7) is 0. The van der Waals surface area contributed by atoms with E-state index in [-0.39, 0.29) is 0 Å². The first-order valence-corrected chi connectivity index (χ1v) is 13.6. The molecule has 2 aromatic heterocycles. The molecule has 6 aromatic carbocycles. The van der Waals surface area contributed by atoms with Crippen molar-refractivity contribution in [2.45, 2.75) is 0 Å². The first kappa shape index (κ1) is 22.6. The molecule has 0 aliphatic heterocycles. The highest BCUT2D eigenvalue weighted by atomic mass is 14.8. The van der Waals surface area contributed by atoms with Crippen molar-refractivity contribution in [2.24, 2.45) is 0 Å². The van der Waals surface area contributed by atoms with E-state index in [1.807, 2.05) is 6.20 Å². The van der Waals surface area contributed by atoms with E-state index in [1.54, 1.807) is 0 Å². The van der Waals surface area contributed by atoms with Crippen LogP contribution in [0.4, 0.5) is 0 Å². The van der Waals surface area contributed by atoms with Crippen molar-refractivity contribution in [3.05, 3.63) is 146 Å². The van der Waals surface area contributed by atoms with Crippen LogP contribution in [0.25, 0.3) is 76.9 Å². The van der Waals surface area contributed by atoms with E-state index in [0.29, 0.717) is 0 Å². The number of hydrogen-bond acceptors (Lipinski definition) is 2. The zero-order chi connectivity index (χ0) is 26.5. The van der Waals surface area contributed by atoms with E-state index in [0.717, 1.165) is 33.4 Å². The highest BCUT2D eigenvalue weighted by Crippen LogP contribution is 2.44. The molecule has 0 saturated heterocycles. The molecule has 2 heterocycles. The van der Waals surface area contributed by atoms with Gasteiger partial charge in [-0.25, -0.2) is 4.98 Å². The van der Waals surface area contributed by atoms with Gasteiger partial charge in [0.15, 0.2) is 0 Å². The Morgan fingerprint density at radius 1 is 0.375 bits per heavy atom. The standard InChI is InChI=1S/C38H24N2/c1-2-12-27-24-28(21-20-25(27)10-1)36-30-14-5-7-16-32(30)37(33-17-8-6-15-31(33)36)34-18-9-19-35(40-34)38-29-13-4-3-11-26(29)22-23-39-38/h1-24H. The first-order valence-electron chi connectivity index (χ1n) is 13.6. The lowest BCUT2D eigenvalue weighted by atomic mass is 9.86. The van der Waals surface area contributed by atoms with Gasteiger partial charge in [0.05, 0.1) is 17.1 Å². The summed E-state index contributed by atoms with van der Waals surface area (Å²) in [6, 6.07) is 49.5. The summed E-state index contributed by atoms with van der Waals surface area (Å²) in [4.78, 5) is 10.00. The molecule has 0 amide bonds. The number of nitrogens with zero attached hydrogens (tertiary/aromatic N) is 2. The number of benzene rings is 6. The Bertz CT molecular complexity index is 2170. The normalized spacial score (nSPS) is 11.5. The van der Waals surface area contributed by atoms with Gasteiger partial charge < -0.3 is 0 Å². The van der Waals surface area contributed by atoms with E-state index < -0.39 is 0 Å². The first-order chi connectivity index (χ1) is 19.8. The Morgan fingerprint density at radius 2 is 0.950 bits per heavy atom. The van der Waals surface area contributed by atoms with E-state index in [2.05, 4.69) is 140 Å². The van der Waals surface area contributed by atoms with Crippen molar-refractivity contribution in [1.29, 1.82) is 0 Å². The monoisotopic (exact) mass is 508 g/mol. The second kappa shape index (κ2) is 9.14. The minimum Gasteiger partial charge on any atom is -0.254 e. The highest BCUT2D eigenvalue weighted by Gasteiger charge is 2.18. The van der Waals surface area contributed by atoms with Crippen LogP contribution >= 0.6 is 0 Å². The van der Waals surface area contributed by atoms with E-state index in [1.165, 1.54) is 43.4 Å². The van der Waals surface area contributed by atoms with Gasteiger partial charge in [0.1, 0.15) is 0 Å².